The smallest absolute Gasteiger partial charge is 0.229 e. The number of benzene rings is 1. The summed E-state index contributed by atoms with van der Waals surface area (Å²) in [6.07, 6.45) is 1.01. The molecule has 1 atom stereocenters. The van der Waals surface area contributed by atoms with Crippen LogP contribution in [0.15, 0.2) is 12.1 Å². The van der Waals surface area contributed by atoms with Crippen molar-refractivity contribution in [3.8, 4) is 5.75 Å². The van der Waals surface area contributed by atoms with E-state index in [1.165, 1.54) is 0 Å². The molecule has 1 aliphatic heterocycles. The van der Waals surface area contributed by atoms with E-state index in [1.54, 1.807) is 7.11 Å². The summed E-state index contributed by atoms with van der Waals surface area (Å²) in [6.45, 7) is 4.30. The number of nitrogens with one attached hydrogen (secondary N) is 2. The van der Waals surface area contributed by atoms with Crippen LogP contribution in [0.1, 0.15) is 24.0 Å². The molecule has 0 aliphatic carbocycles. The minimum atomic E-state index is -0.167. The van der Waals surface area contributed by atoms with Crippen LogP contribution in [0.4, 0.5) is 5.69 Å². The molecule has 108 valence electrons. The van der Waals surface area contributed by atoms with E-state index in [0.29, 0.717) is 19.4 Å². The summed E-state index contributed by atoms with van der Waals surface area (Å²) < 4.78 is 5.35. The van der Waals surface area contributed by atoms with Crippen molar-refractivity contribution in [2.45, 2.75) is 26.7 Å². The van der Waals surface area contributed by atoms with E-state index < -0.39 is 0 Å². The third kappa shape index (κ3) is 2.92. The van der Waals surface area contributed by atoms with Gasteiger partial charge in [0.05, 0.1) is 13.0 Å². The number of amides is 2. The fourth-order valence-corrected chi connectivity index (χ4v) is 2.47. The van der Waals surface area contributed by atoms with Crippen molar-refractivity contribution in [3.05, 3.63) is 23.3 Å². The van der Waals surface area contributed by atoms with Gasteiger partial charge in [-0.1, -0.05) is 6.07 Å². The molecule has 1 aromatic rings. The van der Waals surface area contributed by atoms with Crippen molar-refractivity contribution in [1.29, 1.82) is 0 Å². The lowest BCUT2D eigenvalue weighted by Gasteiger charge is -2.22. The number of aryl methyl sites for hydroxylation is 1. The van der Waals surface area contributed by atoms with Gasteiger partial charge in [-0.15, -0.1) is 0 Å². The van der Waals surface area contributed by atoms with Crippen molar-refractivity contribution < 1.29 is 14.3 Å². The topological polar surface area (TPSA) is 67.4 Å². The average molecular weight is 276 g/mol. The molecule has 0 bridgehead atoms. The molecule has 5 heteroatoms. The number of anilines is 1. The van der Waals surface area contributed by atoms with Crippen LogP contribution in [0.5, 0.6) is 5.75 Å². The molecule has 0 spiro atoms. The lowest BCUT2D eigenvalue weighted by atomic mass is 9.98. The molecular formula is C15H20N2O3. The van der Waals surface area contributed by atoms with E-state index in [-0.39, 0.29) is 17.7 Å². The quantitative estimate of drug-likeness (QED) is 0.884. The Kier molecular flexibility index (Phi) is 4.27. The zero-order valence-electron chi connectivity index (χ0n) is 12.1. The first-order valence-electron chi connectivity index (χ1n) is 6.74. The maximum absolute atomic E-state index is 12.2. The summed E-state index contributed by atoms with van der Waals surface area (Å²) in [7, 11) is 1.62. The number of hydrogen-bond acceptors (Lipinski definition) is 3. The summed E-state index contributed by atoms with van der Waals surface area (Å²) in [4.78, 5) is 23.3. The molecule has 1 aliphatic rings. The number of methoxy groups -OCH3 is 1. The molecule has 20 heavy (non-hydrogen) atoms. The normalized spacial score (nSPS) is 18.4. The molecule has 0 radical (unpaired) electrons. The molecule has 2 rings (SSSR count). The standard InChI is InChI=1S/C15H20N2O3/c1-9-4-6-12(10(2)14(9)20-3)17-15(19)11-5-7-13(18)16-8-11/h4,6,11H,5,7-8H2,1-3H3,(H,16,18)(H,17,19). The summed E-state index contributed by atoms with van der Waals surface area (Å²) in [6, 6.07) is 3.80. The third-order valence-corrected chi connectivity index (χ3v) is 3.70. The second-order valence-electron chi connectivity index (χ2n) is 5.12. The summed E-state index contributed by atoms with van der Waals surface area (Å²) in [5.74, 6) is 0.584. The van der Waals surface area contributed by atoms with E-state index in [9.17, 15) is 9.59 Å². The molecule has 2 N–H and O–H groups in total. The van der Waals surface area contributed by atoms with Crippen molar-refractivity contribution in [2.75, 3.05) is 19.0 Å². The Hall–Kier alpha value is -2.04. The van der Waals surface area contributed by atoms with Gasteiger partial charge in [-0.2, -0.15) is 0 Å². The molecule has 1 unspecified atom stereocenters. The molecule has 2 amide bonds. The molecule has 5 nitrogen and oxygen atoms in total. The van der Waals surface area contributed by atoms with Gasteiger partial charge in [0.15, 0.2) is 0 Å². The molecule has 1 fully saturated rings. The van der Waals surface area contributed by atoms with Gasteiger partial charge in [0, 0.05) is 24.2 Å². The van der Waals surface area contributed by atoms with Crippen molar-refractivity contribution >= 4 is 17.5 Å². The van der Waals surface area contributed by atoms with Gasteiger partial charge in [0.2, 0.25) is 11.8 Å². The first kappa shape index (κ1) is 14.4. The SMILES string of the molecule is COc1c(C)ccc(NC(=O)C2CCC(=O)NC2)c1C. The Morgan fingerprint density at radius 3 is 2.75 bits per heavy atom. The average Bonchev–Trinajstić information content (AvgIpc) is 2.43. The van der Waals surface area contributed by atoms with Gasteiger partial charge in [0.25, 0.3) is 0 Å². The first-order valence-corrected chi connectivity index (χ1v) is 6.74. The van der Waals surface area contributed by atoms with E-state index in [2.05, 4.69) is 10.6 Å². The van der Waals surface area contributed by atoms with Gasteiger partial charge in [-0.25, -0.2) is 0 Å². The van der Waals surface area contributed by atoms with Crippen LogP contribution in [0, 0.1) is 19.8 Å². The van der Waals surface area contributed by atoms with Crippen LogP contribution < -0.4 is 15.4 Å². The summed E-state index contributed by atoms with van der Waals surface area (Å²) >= 11 is 0. The van der Waals surface area contributed by atoms with Gasteiger partial charge in [-0.3, -0.25) is 9.59 Å². The molecule has 1 aromatic carbocycles. The Balaban J connectivity index is 2.10. The van der Waals surface area contributed by atoms with E-state index in [1.807, 2.05) is 26.0 Å². The highest BCUT2D eigenvalue weighted by Crippen LogP contribution is 2.29. The number of carbonyl (C=O) groups excluding carboxylic acids is 2. The van der Waals surface area contributed by atoms with Crippen LogP contribution in [0.25, 0.3) is 0 Å². The Bertz CT molecular complexity index is 530. The number of hydrogen-bond donors (Lipinski definition) is 2. The van der Waals surface area contributed by atoms with Crippen LogP contribution in [-0.4, -0.2) is 25.5 Å². The second-order valence-corrected chi connectivity index (χ2v) is 5.12. The van der Waals surface area contributed by atoms with Gasteiger partial charge < -0.3 is 15.4 Å². The predicted molar refractivity (Wildman–Crippen MR) is 76.8 cm³/mol. The predicted octanol–water partition coefficient (Wildman–Crippen LogP) is 1.78. The van der Waals surface area contributed by atoms with Gasteiger partial charge in [-0.05, 0) is 31.9 Å². The molecule has 1 heterocycles. The summed E-state index contributed by atoms with van der Waals surface area (Å²) in [5.41, 5.74) is 2.71. The largest absolute Gasteiger partial charge is 0.496 e. The minimum Gasteiger partial charge on any atom is -0.496 e. The Morgan fingerprint density at radius 1 is 1.40 bits per heavy atom. The van der Waals surface area contributed by atoms with Gasteiger partial charge in [0.1, 0.15) is 5.75 Å². The van der Waals surface area contributed by atoms with Crippen LogP contribution >= 0.6 is 0 Å². The summed E-state index contributed by atoms with van der Waals surface area (Å²) in [5, 5.41) is 5.65. The molecule has 1 saturated heterocycles. The maximum atomic E-state index is 12.2. The van der Waals surface area contributed by atoms with Crippen LogP contribution in [0.2, 0.25) is 0 Å². The number of carbonyl (C=O) groups is 2. The fraction of sp³-hybridized carbons (Fsp3) is 0.467. The molecule has 0 aromatic heterocycles. The van der Waals surface area contributed by atoms with E-state index >= 15 is 0 Å². The number of piperidine rings is 1. The zero-order valence-corrected chi connectivity index (χ0v) is 12.1. The zero-order chi connectivity index (χ0) is 14.7. The van der Waals surface area contributed by atoms with Crippen molar-refractivity contribution in [2.24, 2.45) is 5.92 Å². The Morgan fingerprint density at radius 2 is 2.15 bits per heavy atom. The second kappa shape index (κ2) is 5.94. The first-order chi connectivity index (χ1) is 9.52. The lowest BCUT2D eigenvalue weighted by Crippen LogP contribution is -2.40. The molecular weight excluding hydrogens is 256 g/mol. The van der Waals surface area contributed by atoms with Crippen molar-refractivity contribution in [1.82, 2.24) is 5.32 Å². The number of rotatable bonds is 3. The highest BCUT2D eigenvalue weighted by molar-refractivity contribution is 5.95. The van der Waals surface area contributed by atoms with Crippen LogP contribution in [-0.2, 0) is 9.59 Å². The van der Waals surface area contributed by atoms with Gasteiger partial charge >= 0.3 is 0 Å². The minimum absolute atomic E-state index is 0.0160. The molecule has 0 saturated carbocycles. The van der Waals surface area contributed by atoms with E-state index in [0.717, 1.165) is 22.6 Å². The monoisotopic (exact) mass is 276 g/mol. The highest BCUT2D eigenvalue weighted by Gasteiger charge is 2.25. The van der Waals surface area contributed by atoms with Crippen LogP contribution in [0.3, 0.4) is 0 Å². The highest BCUT2D eigenvalue weighted by atomic mass is 16.5. The maximum Gasteiger partial charge on any atom is 0.229 e. The third-order valence-electron chi connectivity index (χ3n) is 3.70. The Labute approximate surface area is 118 Å². The lowest BCUT2D eigenvalue weighted by molar-refractivity contribution is -0.126. The van der Waals surface area contributed by atoms with E-state index in [4.69, 9.17) is 4.74 Å². The fourth-order valence-electron chi connectivity index (χ4n) is 2.47. The van der Waals surface area contributed by atoms with Crippen molar-refractivity contribution in [3.63, 3.8) is 0 Å². The number of ether oxygens (including phenoxy) is 1.